The number of hydrogen-bond acceptors (Lipinski definition) is 5. The molecule has 0 fully saturated rings. The Hall–Kier alpha value is -4.37. The molecule has 6 heteroatoms. The SMILES string of the molecule is COc1ccc(C(=O)Oc2ccccc2/C=C(\C#N)C(=O)Nc2ccccc2)cc1. The number of anilines is 1. The van der Waals surface area contributed by atoms with Crippen LogP contribution in [0.1, 0.15) is 15.9 Å². The molecule has 0 unspecified atom stereocenters. The minimum Gasteiger partial charge on any atom is -0.497 e. The van der Waals surface area contributed by atoms with Crippen LogP contribution in [0.15, 0.2) is 84.4 Å². The van der Waals surface area contributed by atoms with Crippen LogP contribution in [0, 0.1) is 11.3 Å². The molecule has 0 heterocycles. The van der Waals surface area contributed by atoms with Crippen LogP contribution in [0.5, 0.6) is 11.5 Å². The van der Waals surface area contributed by atoms with E-state index in [1.165, 1.54) is 13.2 Å². The van der Waals surface area contributed by atoms with E-state index in [0.29, 0.717) is 22.6 Å². The van der Waals surface area contributed by atoms with Gasteiger partial charge in [-0.15, -0.1) is 0 Å². The quantitative estimate of drug-likeness (QED) is 0.287. The van der Waals surface area contributed by atoms with Gasteiger partial charge in [-0.2, -0.15) is 5.26 Å². The maximum atomic E-state index is 12.5. The van der Waals surface area contributed by atoms with Gasteiger partial charge >= 0.3 is 5.97 Å². The third-order valence-electron chi connectivity index (χ3n) is 4.14. The number of hydrogen-bond donors (Lipinski definition) is 1. The summed E-state index contributed by atoms with van der Waals surface area (Å²) in [5.41, 5.74) is 1.23. The number of amides is 1. The predicted molar refractivity (Wildman–Crippen MR) is 113 cm³/mol. The maximum absolute atomic E-state index is 12.5. The lowest BCUT2D eigenvalue weighted by Gasteiger charge is -2.09. The van der Waals surface area contributed by atoms with Crippen molar-refractivity contribution in [1.29, 1.82) is 5.26 Å². The highest BCUT2D eigenvalue weighted by molar-refractivity contribution is 6.09. The van der Waals surface area contributed by atoms with Gasteiger partial charge in [0.05, 0.1) is 12.7 Å². The van der Waals surface area contributed by atoms with E-state index in [9.17, 15) is 14.9 Å². The molecule has 0 aromatic heterocycles. The van der Waals surface area contributed by atoms with Gasteiger partial charge in [0.25, 0.3) is 5.91 Å². The molecular weight excluding hydrogens is 380 g/mol. The molecule has 1 amide bonds. The molecule has 3 aromatic rings. The van der Waals surface area contributed by atoms with Crippen molar-refractivity contribution >= 4 is 23.6 Å². The summed E-state index contributed by atoms with van der Waals surface area (Å²) in [6.45, 7) is 0. The molecule has 6 nitrogen and oxygen atoms in total. The van der Waals surface area contributed by atoms with Crippen molar-refractivity contribution in [2.45, 2.75) is 0 Å². The second-order valence-electron chi connectivity index (χ2n) is 6.15. The van der Waals surface area contributed by atoms with Crippen LogP contribution in [0.25, 0.3) is 6.08 Å². The summed E-state index contributed by atoms with van der Waals surface area (Å²) < 4.78 is 10.6. The van der Waals surface area contributed by atoms with Crippen LogP contribution in [0.4, 0.5) is 5.69 Å². The molecular formula is C24H18N2O4. The second-order valence-corrected chi connectivity index (χ2v) is 6.15. The summed E-state index contributed by atoms with van der Waals surface area (Å²) in [5.74, 6) is -0.262. The minimum absolute atomic E-state index is 0.119. The zero-order chi connectivity index (χ0) is 21.3. The highest BCUT2D eigenvalue weighted by atomic mass is 16.5. The van der Waals surface area contributed by atoms with Crippen LogP contribution in [0.3, 0.4) is 0 Å². The van der Waals surface area contributed by atoms with Gasteiger partial charge in [-0.25, -0.2) is 4.79 Å². The number of nitriles is 1. The third-order valence-corrected chi connectivity index (χ3v) is 4.14. The van der Waals surface area contributed by atoms with Crippen molar-refractivity contribution < 1.29 is 19.1 Å². The Labute approximate surface area is 174 Å². The number of para-hydroxylation sites is 2. The first-order valence-electron chi connectivity index (χ1n) is 9.04. The molecule has 0 atom stereocenters. The van der Waals surface area contributed by atoms with E-state index in [1.54, 1.807) is 72.8 Å². The van der Waals surface area contributed by atoms with Gasteiger partial charge < -0.3 is 14.8 Å². The summed E-state index contributed by atoms with van der Waals surface area (Å²) in [4.78, 5) is 24.9. The van der Waals surface area contributed by atoms with E-state index in [-0.39, 0.29) is 11.3 Å². The molecule has 0 spiro atoms. The summed E-state index contributed by atoms with van der Waals surface area (Å²) >= 11 is 0. The Bertz CT molecular complexity index is 1110. The smallest absolute Gasteiger partial charge is 0.343 e. The molecule has 30 heavy (non-hydrogen) atoms. The number of rotatable bonds is 6. The minimum atomic E-state index is -0.564. The summed E-state index contributed by atoms with van der Waals surface area (Å²) in [5, 5.41) is 12.1. The van der Waals surface area contributed by atoms with Crippen molar-refractivity contribution in [2.75, 3.05) is 12.4 Å². The summed E-state index contributed by atoms with van der Waals surface area (Å²) in [6, 6.07) is 23.9. The lowest BCUT2D eigenvalue weighted by Crippen LogP contribution is -2.13. The monoisotopic (exact) mass is 398 g/mol. The lowest BCUT2D eigenvalue weighted by molar-refractivity contribution is -0.112. The lowest BCUT2D eigenvalue weighted by atomic mass is 10.1. The average molecular weight is 398 g/mol. The molecule has 3 rings (SSSR count). The fourth-order valence-electron chi connectivity index (χ4n) is 2.60. The Morgan fingerprint density at radius 1 is 0.933 bits per heavy atom. The number of carbonyl (C=O) groups is 2. The topological polar surface area (TPSA) is 88.4 Å². The number of ether oxygens (including phenoxy) is 2. The number of esters is 1. The Morgan fingerprint density at radius 3 is 2.27 bits per heavy atom. The fraction of sp³-hybridized carbons (Fsp3) is 0.0417. The number of nitrogens with one attached hydrogen (secondary N) is 1. The van der Waals surface area contributed by atoms with Crippen LogP contribution in [0.2, 0.25) is 0 Å². The van der Waals surface area contributed by atoms with Crippen molar-refractivity contribution in [2.24, 2.45) is 0 Å². The Balaban J connectivity index is 1.81. The van der Waals surface area contributed by atoms with Crippen molar-refractivity contribution in [1.82, 2.24) is 0 Å². The molecule has 0 radical (unpaired) electrons. The van der Waals surface area contributed by atoms with Crippen LogP contribution in [-0.2, 0) is 4.79 Å². The van der Waals surface area contributed by atoms with Crippen LogP contribution < -0.4 is 14.8 Å². The number of methoxy groups -OCH3 is 1. The van der Waals surface area contributed by atoms with E-state index in [2.05, 4.69) is 5.32 Å². The number of nitrogens with zero attached hydrogens (tertiary/aromatic N) is 1. The molecule has 1 N–H and O–H groups in total. The standard InChI is InChI=1S/C24H18N2O4/c1-29-21-13-11-17(12-14-21)24(28)30-22-10-6-5-7-18(22)15-19(16-25)23(27)26-20-8-3-2-4-9-20/h2-15H,1H3,(H,26,27)/b19-15+. The molecule has 0 aliphatic rings. The van der Waals surface area contributed by atoms with Gasteiger partial charge in [0, 0.05) is 11.3 Å². The second kappa shape index (κ2) is 9.71. The van der Waals surface area contributed by atoms with Crippen LogP contribution >= 0.6 is 0 Å². The summed E-state index contributed by atoms with van der Waals surface area (Å²) in [7, 11) is 1.54. The highest BCUT2D eigenvalue weighted by Crippen LogP contribution is 2.23. The zero-order valence-electron chi connectivity index (χ0n) is 16.2. The van der Waals surface area contributed by atoms with E-state index >= 15 is 0 Å². The highest BCUT2D eigenvalue weighted by Gasteiger charge is 2.14. The largest absolute Gasteiger partial charge is 0.497 e. The summed E-state index contributed by atoms with van der Waals surface area (Å²) in [6.07, 6.45) is 1.38. The van der Waals surface area contributed by atoms with Gasteiger partial charge in [-0.1, -0.05) is 36.4 Å². The zero-order valence-corrected chi connectivity index (χ0v) is 16.2. The van der Waals surface area contributed by atoms with Gasteiger partial charge in [0.2, 0.25) is 0 Å². The van der Waals surface area contributed by atoms with Crippen molar-refractivity contribution in [3.05, 3.63) is 95.6 Å². The first kappa shape index (κ1) is 20.4. The Morgan fingerprint density at radius 2 is 1.60 bits per heavy atom. The maximum Gasteiger partial charge on any atom is 0.343 e. The van der Waals surface area contributed by atoms with Gasteiger partial charge in [-0.3, -0.25) is 4.79 Å². The van der Waals surface area contributed by atoms with Gasteiger partial charge in [0.15, 0.2) is 0 Å². The van der Waals surface area contributed by atoms with Crippen molar-refractivity contribution in [3.63, 3.8) is 0 Å². The molecule has 0 bridgehead atoms. The third kappa shape index (κ3) is 5.12. The molecule has 3 aromatic carbocycles. The Kier molecular flexibility index (Phi) is 6.59. The molecule has 0 saturated heterocycles. The van der Waals surface area contributed by atoms with Gasteiger partial charge in [-0.05, 0) is 48.5 Å². The molecule has 0 saturated carbocycles. The van der Waals surface area contributed by atoms with Gasteiger partial charge in [0.1, 0.15) is 23.1 Å². The average Bonchev–Trinajstić information content (AvgIpc) is 2.79. The van der Waals surface area contributed by atoms with Crippen LogP contribution in [-0.4, -0.2) is 19.0 Å². The van der Waals surface area contributed by atoms with E-state index in [4.69, 9.17) is 9.47 Å². The van der Waals surface area contributed by atoms with E-state index in [0.717, 1.165) is 0 Å². The number of benzene rings is 3. The predicted octanol–water partition coefficient (Wildman–Crippen LogP) is 4.46. The fourth-order valence-corrected chi connectivity index (χ4v) is 2.60. The molecule has 0 aliphatic carbocycles. The molecule has 148 valence electrons. The number of carbonyl (C=O) groups excluding carboxylic acids is 2. The van der Waals surface area contributed by atoms with E-state index in [1.807, 2.05) is 12.1 Å². The molecule has 0 aliphatic heterocycles. The van der Waals surface area contributed by atoms with Crippen molar-refractivity contribution in [3.8, 4) is 17.6 Å². The normalized spacial score (nSPS) is 10.6. The van der Waals surface area contributed by atoms with E-state index < -0.39 is 11.9 Å². The first-order valence-corrected chi connectivity index (χ1v) is 9.04. The first-order chi connectivity index (χ1) is 14.6.